The lowest BCUT2D eigenvalue weighted by molar-refractivity contribution is -0.128. The minimum atomic E-state index is 0.0891. The number of carbonyl (C=O) groups is 1. The lowest BCUT2D eigenvalue weighted by Gasteiger charge is -2.35. The van der Waals surface area contributed by atoms with E-state index in [0.717, 1.165) is 30.2 Å². The van der Waals surface area contributed by atoms with Crippen molar-refractivity contribution in [2.24, 2.45) is 0 Å². The Morgan fingerprint density at radius 3 is 2.53 bits per heavy atom. The molecule has 1 amide bonds. The number of hydrogen-bond acceptors (Lipinski definition) is 7. The molecule has 0 N–H and O–H groups in total. The molecule has 0 atom stereocenters. The Kier molecular flexibility index (Phi) is 6.82. The van der Waals surface area contributed by atoms with Gasteiger partial charge >= 0.3 is 0 Å². The maximum absolute atomic E-state index is 12.9. The first-order valence-corrected chi connectivity index (χ1v) is 12.3. The van der Waals surface area contributed by atoms with Crippen molar-refractivity contribution < 1.29 is 9.21 Å². The van der Waals surface area contributed by atoms with Crippen LogP contribution in [-0.4, -0.2) is 62.5 Å². The fraction of sp³-hybridized carbons (Fsp3) is 0.250. The van der Waals surface area contributed by atoms with Gasteiger partial charge in [0.2, 0.25) is 5.91 Å². The van der Waals surface area contributed by atoms with E-state index in [2.05, 4.69) is 20.1 Å². The first kappa shape index (κ1) is 22.5. The van der Waals surface area contributed by atoms with Gasteiger partial charge in [0.1, 0.15) is 11.6 Å². The first-order valence-electron chi connectivity index (χ1n) is 11.0. The van der Waals surface area contributed by atoms with Gasteiger partial charge in [-0.05, 0) is 48.5 Å². The molecule has 8 nitrogen and oxygen atoms in total. The molecular weight excluding hydrogens is 472 g/mol. The zero-order valence-electron chi connectivity index (χ0n) is 18.4. The normalized spacial score (nSPS) is 13.9. The highest BCUT2D eigenvalue weighted by molar-refractivity contribution is 7.99. The number of carbonyl (C=O) groups excluding carboxylic acids is 1. The van der Waals surface area contributed by atoms with Crippen LogP contribution in [0.5, 0.6) is 0 Å². The van der Waals surface area contributed by atoms with E-state index in [1.807, 2.05) is 64.1 Å². The molecule has 1 aliphatic heterocycles. The Morgan fingerprint density at radius 1 is 1.00 bits per heavy atom. The first-order chi connectivity index (χ1) is 16.7. The predicted molar refractivity (Wildman–Crippen MR) is 132 cm³/mol. The number of amides is 1. The quantitative estimate of drug-likeness (QED) is 0.358. The SMILES string of the molecule is O=C(CSc1nnc(-c2ccc(Cl)cc2)n1Cc1ccco1)N1CCN(c2ccccn2)CC1. The van der Waals surface area contributed by atoms with Crippen molar-refractivity contribution in [1.29, 1.82) is 0 Å². The molecule has 174 valence electrons. The molecule has 5 rings (SSSR count). The predicted octanol–water partition coefficient (Wildman–Crippen LogP) is 4.08. The molecule has 1 fully saturated rings. The van der Waals surface area contributed by atoms with Gasteiger partial charge in [0.05, 0.1) is 18.6 Å². The number of halogens is 1. The Balaban J connectivity index is 1.26. The van der Waals surface area contributed by atoms with Crippen LogP contribution < -0.4 is 4.90 Å². The summed E-state index contributed by atoms with van der Waals surface area (Å²) in [5.41, 5.74) is 0.896. The van der Waals surface area contributed by atoms with Crippen molar-refractivity contribution in [2.75, 3.05) is 36.8 Å². The molecule has 1 aliphatic rings. The van der Waals surface area contributed by atoms with E-state index >= 15 is 0 Å². The van der Waals surface area contributed by atoms with Crippen LogP contribution in [0.15, 0.2) is 76.6 Å². The second-order valence-electron chi connectivity index (χ2n) is 7.82. The number of pyridine rings is 1. The third-order valence-electron chi connectivity index (χ3n) is 5.64. The van der Waals surface area contributed by atoms with Gasteiger partial charge < -0.3 is 14.2 Å². The van der Waals surface area contributed by atoms with Gasteiger partial charge in [0.25, 0.3) is 0 Å². The number of anilines is 1. The summed E-state index contributed by atoms with van der Waals surface area (Å²) in [6.07, 6.45) is 3.43. The summed E-state index contributed by atoms with van der Waals surface area (Å²) in [5.74, 6) is 2.82. The zero-order chi connectivity index (χ0) is 23.3. The Labute approximate surface area is 206 Å². The topological polar surface area (TPSA) is 80.3 Å². The summed E-state index contributed by atoms with van der Waals surface area (Å²) in [5, 5.41) is 10.1. The van der Waals surface area contributed by atoms with Crippen molar-refractivity contribution in [3.63, 3.8) is 0 Å². The molecule has 1 saturated heterocycles. The molecule has 0 aliphatic carbocycles. The van der Waals surface area contributed by atoms with Crippen LogP contribution >= 0.6 is 23.4 Å². The number of aromatic nitrogens is 4. The van der Waals surface area contributed by atoms with Crippen LogP contribution in [0.1, 0.15) is 5.76 Å². The fourth-order valence-corrected chi connectivity index (χ4v) is 4.82. The van der Waals surface area contributed by atoms with Gasteiger partial charge in [-0.25, -0.2) is 4.98 Å². The monoisotopic (exact) mass is 494 g/mol. The minimum absolute atomic E-state index is 0.0891. The maximum Gasteiger partial charge on any atom is 0.233 e. The van der Waals surface area contributed by atoms with Crippen LogP contribution in [0.4, 0.5) is 5.82 Å². The number of rotatable bonds is 7. The van der Waals surface area contributed by atoms with Crippen LogP contribution in [0.2, 0.25) is 5.02 Å². The van der Waals surface area contributed by atoms with E-state index < -0.39 is 0 Å². The standard InChI is InChI=1S/C24H23ClN6O2S/c25-19-8-6-18(7-9-19)23-27-28-24(31(23)16-20-4-3-15-33-20)34-17-22(32)30-13-11-29(12-14-30)21-5-1-2-10-26-21/h1-10,15H,11-14,16-17H2. The highest BCUT2D eigenvalue weighted by Crippen LogP contribution is 2.27. The van der Waals surface area contributed by atoms with Crippen LogP contribution in [0.3, 0.4) is 0 Å². The molecular formula is C24H23ClN6O2S. The minimum Gasteiger partial charge on any atom is -0.467 e. The van der Waals surface area contributed by atoms with E-state index in [1.165, 1.54) is 11.8 Å². The second-order valence-corrected chi connectivity index (χ2v) is 9.20. The third-order valence-corrected chi connectivity index (χ3v) is 6.85. The van der Waals surface area contributed by atoms with Gasteiger partial charge in [-0.15, -0.1) is 10.2 Å². The lowest BCUT2D eigenvalue weighted by Crippen LogP contribution is -2.49. The summed E-state index contributed by atoms with van der Waals surface area (Å²) in [4.78, 5) is 21.4. The van der Waals surface area contributed by atoms with Crippen LogP contribution in [0.25, 0.3) is 11.4 Å². The van der Waals surface area contributed by atoms with Gasteiger partial charge in [0.15, 0.2) is 11.0 Å². The molecule has 0 spiro atoms. The largest absolute Gasteiger partial charge is 0.467 e. The summed E-state index contributed by atoms with van der Waals surface area (Å²) in [6.45, 7) is 3.35. The maximum atomic E-state index is 12.9. The molecule has 4 aromatic rings. The van der Waals surface area contributed by atoms with Crippen molar-refractivity contribution >= 4 is 35.1 Å². The average molecular weight is 495 g/mol. The summed E-state index contributed by atoms with van der Waals surface area (Å²) >= 11 is 7.44. The van der Waals surface area contributed by atoms with Crippen molar-refractivity contribution in [2.45, 2.75) is 11.7 Å². The van der Waals surface area contributed by atoms with E-state index in [9.17, 15) is 4.79 Å². The highest BCUT2D eigenvalue weighted by Gasteiger charge is 2.23. The lowest BCUT2D eigenvalue weighted by atomic mass is 10.2. The molecule has 10 heteroatoms. The Hall–Kier alpha value is -3.30. The third kappa shape index (κ3) is 5.10. The number of benzene rings is 1. The van der Waals surface area contributed by atoms with E-state index in [1.54, 1.807) is 12.5 Å². The molecule has 3 aromatic heterocycles. The van der Waals surface area contributed by atoms with Crippen molar-refractivity contribution in [1.82, 2.24) is 24.6 Å². The van der Waals surface area contributed by atoms with E-state index in [-0.39, 0.29) is 5.91 Å². The smallest absolute Gasteiger partial charge is 0.233 e. The van der Waals surface area contributed by atoms with Crippen LogP contribution in [0, 0.1) is 0 Å². The van der Waals surface area contributed by atoms with E-state index in [4.69, 9.17) is 16.0 Å². The highest BCUT2D eigenvalue weighted by atomic mass is 35.5. The Morgan fingerprint density at radius 2 is 1.82 bits per heavy atom. The molecule has 34 heavy (non-hydrogen) atoms. The number of nitrogens with zero attached hydrogens (tertiary/aromatic N) is 6. The number of hydrogen-bond donors (Lipinski definition) is 0. The summed E-state index contributed by atoms with van der Waals surface area (Å²) in [6, 6.07) is 17.1. The molecule has 0 radical (unpaired) electrons. The summed E-state index contributed by atoms with van der Waals surface area (Å²) in [7, 11) is 0. The number of furan rings is 1. The van der Waals surface area contributed by atoms with Gasteiger partial charge in [0, 0.05) is 43.0 Å². The zero-order valence-corrected chi connectivity index (χ0v) is 20.0. The molecule has 1 aromatic carbocycles. The van der Waals surface area contributed by atoms with Gasteiger partial charge in [-0.3, -0.25) is 9.36 Å². The molecule has 0 bridgehead atoms. The van der Waals surface area contributed by atoms with Crippen molar-refractivity contribution in [3.8, 4) is 11.4 Å². The number of thioether (sulfide) groups is 1. The van der Waals surface area contributed by atoms with Gasteiger partial charge in [-0.2, -0.15) is 0 Å². The van der Waals surface area contributed by atoms with Crippen molar-refractivity contribution in [3.05, 3.63) is 77.8 Å². The molecule has 0 saturated carbocycles. The summed E-state index contributed by atoms with van der Waals surface area (Å²) < 4.78 is 7.52. The number of piperazine rings is 1. The molecule has 4 heterocycles. The van der Waals surface area contributed by atoms with Gasteiger partial charge in [-0.1, -0.05) is 29.4 Å². The van der Waals surface area contributed by atoms with E-state index in [0.29, 0.717) is 41.4 Å². The Bertz CT molecular complexity index is 1220. The average Bonchev–Trinajstić information content (AvgIpc) is 3.54. The fourth-order valence-electron chi connectivity index (χ4n) is 3.85. The second kappa shape index (κ2) is 10.3. The van der Waals surface area contributed by atoms with Crippen LogP contribution in [-0.2, 0) is 11.3 Å². The molecule has 0 unspecified atom stereocenters.